The Morgan fingerprint density at radius 2 is 2.00 bits per heavy atom. The Labute approximate surface area is 108 Å². The van der Waals surface area contributed by atoms with E-state index in [0.29, 0.717) is 6.54 Å². The summed E-state index contributed by atoms with van der Waals surface area (Å²) in [7, 11) is 0. The molecule has 0 unspecified atom stereocenters. The number of aryl methyl sites for hydroxylation is 1. The quantitative estimate of drug-likeness (QED) is 0.770. The molecule has 2 N–H and O–H groups in total. The molecule has 5 nitrogen and oxygen atoms in total. The predicted octanol–water partition coefficient (Wildman–Crippen LogP) is 1.63. The largest absolute Gasteiger partial charge is 0.480 e. The minimum Gasteiger partial charge on any atom is -0.480 e. The first-order valence-electron chi connectivity index (χ1n) is 6.34. The molecule has 0 bridgehead atoms. The van der Waals surface area contributed by atoms with Gasteiger partial charge >= 0.3 is 5.97 Å². The number of rotatable bonds is 7. The average Bonchev–Trinajstić information content (AvgIpc) is 2.39. The van der Waals surface area contributed by atoms with Crippen molar-refractivity contribution in [1.29, 1.82) is 0 Å². The summed E-state index contributed by atoms with van der Waals surface area (Å²) in [5.41, 5.74) is 0.904. The second-order valence-electron chi connectivity index (χ2n) is 4.44. The third-order valence-corrected chi connectivity index (χ3v) is 3.08. The van der Waals surface area contributed by atoms with E-state index in [-0.39, 0.29) is 5.92 Å². The number of carboxylic acids is 1. The van der Waals surface area contributed by atoms with Crippen LogP contribution in [0.3, 0.4) is 0 Å². The Balaban J connectivity index is 2.58. The molecule has 0 aliphatic heterocycles. The number of carboxylic acid groups (broad SMARTS) is 1. The molecule has 0 aliphatic carbocycles. The standard InChI is InChI=1S/C13H21N3O2/c1-4-9(3)12(13(17)18)16-8-10-6-14-11(5-2)15-7-10/h6-7,9,12,16H,4-5,8H2,1-3H3,(H,17,18)/t9-,12-/m1/s1. The first-order chi connectivity index (χ1) is 8.58. The van der Waals surface area contributed by atoms with Crippen molar-refractivity contribution in [3.8, 4) is 0 Å². The summed E-state index contributed by atoms with van der Waals surface area (Å²) in [5, 5.41) is 12.2. The van der Waals surface area contributed by atoms with Crippen LogP contribution in [0.15, 0.2) is 12.4 Å². The number of aliphatic carboxylic acids is 1. The Kier molecular flexibility index (Phi) is 5.71. The first kappa shape index (κ1) is 14.6. The van der Waals surface area contributed by atoms with E-state index >= 15 is 0 Å². The molecule has 0 saturated heterocycles. The van der Waals surface area contributed by atoms with E-state index in [1.54, 1.807) is 12.4 Å². The number of nitrogens with one attached hydrogen (secondary N) is 1. The zero-order valence-corrected chi connectivity index (χ0v) is 11.2. The smallest absolute Gasteiger partial charge is 0.320 e. The lowest BCUT2D eigenvalue weighted by Crippen LogP contribution is -2.41. The maximum absolute atomic E-state index is 11.1. The molecule has 1 rings (SSSR count). The van der Waals surface area contributed by atoms with Gasteiger partial charge in [-0.2, -0.15) is 0 Å². The Hall–Kier alpha value is -1.49. The van der Waals surface area contributed by atoms with E-state index in [1.807, 2.05) is 20.8 Å². The van der Waals surface area contributed by atoms with Gasteiger partial charge in [0.1, 0.15) is 11.9 Å². The van der Waals surface area contributed by atoms with Crippen LogP contribution in [0.1, 0.15) is 38.6 Å². The zero-order valence-electron chi connectivity index (χ0n) is 11.2. The fourth-order valence-electron chi connectivity index (χ4n) is 1.65. The van der Waals surface area contributed by atoms with Crippen LogP contribution in [0, 0.1) is 5.92 Å². The summed E-state index contributed by atoms with van der Waals surface area (Å²) in [6, 6.07) is -0.527. The van der Waals surface area contributed by atoms with E-state index in [1.165, 1.54) is 0 Å². The lowest BCUT2D eigenvalue weighted by atomic mass is 9.99. The van der Waals surface area contributed by atoms with Crippen molar-refractivity contribution in [1.82, 2.24) is 15.3 Å². The molecule has 0 aromatic carbocycles. The van der Waals surface area contributed by atoms with Crippen LogP contribution >= 0.6 is 0 Å². The van der Waals surface area contributed by atoms with Crippen molar-refractivity contribution in [2.75, 3.05) is 0 Å². The van der Waals surface area contributed by atoms with Crippen molar-refractivity contribution in [2.24, 2.45) is 5.92 Å². The highest BCUT2D eigenvalue weighted by atomic mass is 16.4. The number of aromatic nitrogens is 2. The van der Waals surface area contributed by atoms with Crippen LogP contribution in [-0.4, -0.2) is 27.1 Å². The molecule has 18 heavy (non-hydrogen) atoms. The average molecular weight is 251 g/mol. The van der Waals surface area contributed by atoms with Crippen molar-refractivity contribution in [3.63, 3.8) is 0 Å². The zero-order chi connectivity index (χ0) is 13.5. The number of hydrogen-bond acceptors (Lipinski definition) is 4. The highest BCUT2D eigenvalue weighted by Gasteiger charge is 2.22. The molecule has 0 aliphatic rings. The predicted molar refractivity (Wildman–Crippen MR) is 69.1 cm³/mol. The van der Waals surface area contributed by atoms with Crippen LogP contribution in [0.4, 0.5) is 0 Å². The molecule has 0 radical (unpaired) electrons. The van der Waals surface area contributed by atoms with Gasteiger partial charge in [0.2, 0.25) is 0 Å². The van der Waals surface area contributed by atoms with Gasteiger partial charge in [0.15, 0.2) is 0 Å². The van der Waals surface area contributed by atoms with Gasteiger partial charge < -0.3 is 5.11 Å². The molecule has 2 atom stereocenters. The van der Waals surface area contributed by atoms with Gasteiger partial charge in [-0.1, -0.05) is 27.2 Å². The second kappa shape index (κ2) is 7.06. The van der Waals surface area contributed by atoms with Crippen molar-refractivity contribution >= 4 is 5.97 Å². The second-order valence-corrected chi connectivity index (χ2v) is 4.44. The molecule has 1 aromatic heterocycles. The highest BCUT2D eigenvalue weighted by Crippen LogP contribution is 2.09. The summed E-state index contributed by atoms with van der Waals surface area (Å²) < 4.78 is 0. The molecular formula is C13H21N3O2. The highest BCUT2D eigenvalue weighted by molar-refractivity contribution is 5.73. The van der Waals surface area contributed by atoms with Crippen LogP contribution in [-0.2, 0) is 17.8 Å². The van der Waals surface area contributed by atoms with E-state index in [9.17, 15) is 4.79 Å². The molecule has 1 heterocycles. The lowest BCUT2D eigenvalue weighted by molar-refractivity contribution is -0.140. The summed E-state index contributed by atoms with van der Waals surface area (Å²) in [6.07, 6.45) is 5.12. The van der Waals surface area contributed by atoms with Gasteiger partial charge in [-0.3, -0.25) is 10.1 Å². The van der Waals surface area contributed by atoms with Crippen LogP contribution in [0.5, 0.6) is 0 Å². The summed E-state index contributed by atoms with van der Waals surface area (Å²) in [6.45, 7) is 6.39. The molecule has 5 heteroatoms. The van der Waals surface area contributed by atoms with Gasteiger partial charge in [-0.15, -0.1) is 0 Å². The van der Waals surface area contributed by atoms with Crippen LogP contribution < -0.4 is 5.32 Å². The Morgan fingerprint density at radius 1 is 1.39 bits per heavy atom. The van der Waals surface area contributed by atoms with Crippen LogP contribution in [0.25, 0.3) is 0 Å². The molecule has 100 valence electrons. The van der Waals surface area contributed by atoms with Crippen LogP contribution in [0.2, 0.25) is 0 Å². The van der Waals surface area contributed by atoms with Gasteiger partial charge in [-0.05, 0) is 5.92 Å². The SMILES string of the molecule is CCc1ncc(CN[C@@H](C(=O)O)[C@H](C)CC)cn1. The Morgan fingerprint density at radius 3 is 2.44 bits per heavy atom. The van der Waals surface area contributed by atoms with E-state index in [2.05, 4.69) is 15.3 Å². The first-order valence-corrected chi connectivity index (χ1v) is 6.34. The fourth-order valence-corrected chi connectivity index (χ4v) is 1.65. The van der Waals surface area contributed by atoms with E-state index in [4.69, 9.17) is 5.11 Å². The van der Waals surface area contributed by atoms with Gasteiger partial charge in [-0.25, -0.2) is 9.97 Å². The maximum atomic E-state index is 11.1. The number of carbonyl (C=O) groups is 1. The summed E-state index contributed by atoms with van der Waals surface area (Å²) >= 11 is 0. The third-order valence-electron chi connectivity index (χ3n) is 3.08. The Bertz CT molecular complexity index is 378. The van der Waals surface area contributed by atoms with Gasteiger partial charge in [0, 0.05) is 30.9 Å². The molecular weight excluding hydrogens is 230 g/mol. The van der Waals surface area contributed by atoms with E-state index in [0.717, 1.165) is 24.2 Å². The molecule has 0 saturated carbocycles. The normalized spacial score (nSPS) is 14.2. The van der Waals surface area contributed by atoms with E-state index < -0.39 is 12.0 Å². The van der Waals surface area contributed by atoms with Crippen molar-refractivity contribution in [3.05, 3.63) is 23.8 Å². The number of nitrogens with zero attached hydrogens (tertiary/aromatic N) is 2. The van der Waals surface area contributed by atoms with Gasteiger partial charge in [0.05, 0.1) is 0 Å². The third kappa shape index (κ3) is 4.07. The fraction of sp³-hybridized carbons (Fsp3) is 0.615. The minimum absolute atomic E-state index is 0.0957. The number of hydrogen-bond donors (Lipinski definition) is 2. The molecule has 0 fully saturated rings. The van der Waals surface area contributed by atoms with Gasteiger partial charge in [0.25, 0.3) is 0 Å². The van der Waals surface area contributed by atoms with Crippen molar-refractivity contribution < 1.29 is 9.90 Å². The summed E-state index contributed by atoms with van der Waals surface area (Å²) in [5.74, 6) is 0.0873. The topological polar surface area (TPSA) is 75.1 Å². The molecule has 0 spiro atoms. The lowest BCUT2D eigenvalue weighted by Gasteiger charge is -2.20. The maximum Gasteiger partial charge on any atom is 0.320 e. The molecule has 0 amide bonds. The van der Waals surface area contributed by atoms with Crippen molar-refractivity contribution in [2.45, 2.75) is 46.2 Å². The molecule has 1 aromatic rings. The minimum atomic E-state index is -0.810. The monoisotopic (exact) mass is 251 g/mol. The summed E-state index contributed by atoms with van der Waals surface area (Å²) in [4.78, 5) is 19.5.